The van der Waals surface area contributed by atoms with Gasteiger partial charge in [0.2, 0.25) is 5.69 Å². The van der Waals surface area contributed by atoms with Crippen molar-refractivity contribution in [1.82, 2.24) is 0 Å². The molecule has 0 unspecified atom stereocenters. The molecule has 0 radical (unpaired) electrons. The summed E-state index contributed by atoms with van der Waals surface area (Å²) in [6, 6.07) is 26.3. The molecule has 6 rings (SSSR count). The van der Waals surface area contributed by atoms with Gasteiger partial charge in [0.25, 0.3) is 0 Å². The molecule has 52 heavy (non-hydrogen) atoms. The molecule has 0 aliphatic carbocycles. The van der Waals surface area contributed by atoms with Crippen molar-refractivity contribution in [3.8, 4) is 0 Å². The summed E-state index contributed by atoms with van der Waals surface area (Å²) in [5.41, 5.74) is 7.22. The number of allylic oxidation sites excluding steroid dienone is 4. The number of benzene rings is 4. The van der Waals surface area contributed by atoms with Crippen molar-refractivity contribution in [2.75, 3.05) is 31.2 Å². The van der Waals surface area contributed by atoms with Crippen LogP contribution in [0, 0.1) is 0 Å². The zero-order valence-corrected chi connectivity index (χ0v) is 33.2. The summed E-state index contributed by atoms with van der Waals surface area (Å²) >= 11 is 0. The largest absolute Gasteiger partial charge is 1.00 e. The maximum absolute atomic E-state index is 12.1. The first-order valence-electron chi connectivity index (χ1n) is 18.8. The minimum Gasteiger partial charge on any atom is -1.00 e. The molecule has 2 aliphatic rings. The van der Waals surface area contributed by atoms with E-state index in [0.717, 1.165) is 38.8 Å². The Morgan fingerprint density at radius 2 is 1.29 bits per heavy atom. The molecule has 2 aliphatic heterocycles. The zero-order valence-electron chi connectivity index (χ0n) is 31.6. The monoisotopic (exact) mass is 764 g/mol. The maximum atomic E-state index is 12.1. The Morgan fingerprint density at radius 3 is 1.92 bits per heavy atom. The fraction of sp³-hybridized carbons (Fsp3) is 0.400. The molecule has 4 aromatic carbocycles. The van der Waals surface area contributed by atoms with Crippen molar-refractivity contribution >= 4 is 50.6 Å². The molecule has 274 valence electrons. The van der Waals surface area contributed by atoms with Gasteiger partial charge in [0, 0.05) is 60.3 Å². The number of rotatable bonds is 14. The predicted molar refractivity (Wildman–Crippen MR) is 209 cm³/mol. The van der Waals surface area contributed by atoms with E-state index in [1.165, 1.54) is 55.5 Å². The molecule has 2 heterocycles. The number of ether oxygens (including phenoxy) is 2. The molecule has 7 heteroatoms. The van der Waals surface area contributed by atoms with Crippen molar-refractivity contribution in [3.63, 3.8) is 0 Å². The Bertz CT molecular complexity index is 2040. The molecule has 0 aromatic heterocycles. The average Bonchev–Trinajstić information content (AvgIpc) is 3.47. The van der Waals surface area contributed by atoms with Crippen molar-refractivity contribution in [2.45, 2.75) is 90.9 Å². The van der Waals surface area contributed by atoms with Gasteiger partial charge in [-0.3, -0.25) is 9.59 Å². The van der Waals surface area contributed by atoms with Crippen LogP contribution in [0.5, 0.6) is 0 Å². The number of anilines is 1. The average molecular weight is 766 g/mol. The minimum atomic E-state index is -0.233. The van der Waals surface area contributed by atoms with Gasteiger partial charge < -0.3 is 31.4 Å². The van der Waals surface area contributed by atoms with Crippen molar-refractivity contribution in [3.05, 3.63) is 108 Å². The second kappa shape index (κ2) is 16.6. The molecule has 0 bridgehead atoms. The molecule has 0 amide bonds. The third kappa shape index (κ3) is 7.61. The molecular weight excluding hydrogens is 712 g/mol. The van der Waals surface area contributed by atoms with Gasteiger partial charge in [-0.2, -0.15) is 4.58 Å². The Balaban J connectivity index is 0.00000523. The number of carbonyl (C=O) groups is 2. The second-order valence-corrected chi connectivity index (χ2v) is 14.7. The van der Waals surface area contributed by atoms with Gasteiger partial charge >= 0.3 is 11.9 Å². The molecular formula is C45H53BrN2O4. The van der Waals surface area contributed by atoms with Gasteiger partial charge in [-0.05, 0) is 92.3 Å². The number of esters is 2. The van der Waals surface area contributed by atoms with E-state index in [1.54, 1.807) is 0 Å². The Labute approximate surface area is 320 Å². The Kier molecular flexibility index (Phi) is 12.5. The first kappa shape index (κ1) is 39.0. The van der Waals surface area contributed by atoms with Gasteiger partial charge in [0.1, 0.15) is 6.54 Å². The van der Waals surface area contributed by atoms with Crippen LogP contribution in [0.1, 0.15) is 91.2 Å². The van der Waals surface area contributed by atoms with E-state index >= 15 is 0 Å². The molecule has 0 N–H and O–H groups in total. The number of fused-ring (bicyclic) bond motifs is 6. The van der Waals surface area contributed by atoms with E-state index in [2.05, 4.69) is 128 Å². The normalized spacial score (nSPS) is 16.4. The lowest BCUT2D eigenvalue weighted by molar-refractivity contribution is -0.438. The van der Waals surface area contributed by atoms with Crippen LogP contribution in [-0.4, -0.2) is 48.5 Å². The van der Waals surface area contributed by atoms with Crippen molar-refractivity contribution in [2.24, 2.45) is 0 Å². The Morgan fingerprint density at radius 1 is 0.712 bits per heavy atom. The summed E-state index contributed by atoms with van der Waals surface area (Å²) in [4.78, 5) is 26.7. The summed E-state index contributed by atoms with van der Waals surface area (Å²) in [6.45, 7) is 15.5. The van der Waals surface area contributed by atoms with Gasteiger partial charge in [0.15, 0.2) is 5.71 Å². The van der Waals surface area contributed by atoms with Crippen molar-refractivity contribution in [1.29, 1.82) is 0 Å². The highest BCUT2D eigenvalue weighted by Gasteiger charge is 2.45. The van der Waals surface area contributed by atoms with E-state index in [9.17, 15) is 9.59 Å². The molecule has 0 spiro atoms. The maximum Gasteiger partial charge on any atom is 0.305 e. The molecule has 6 nitrogen and oxygen atoms in total. The summed E-state index contributed by atoms with van der Waals surface area (Å²) in [5.74, 6) is -0.250. The molecule has 0 atom stereocenters. The van der Waals surface area contributed by atoms with Crippen LogP contribution < -0.4 is 21.9 Å². The number of hydrogen-bond donors (Lipinski definition) is 0. The van der Waals surface area contributed by atoms with E-state index in [0.29, 0.717) is 26.1 Å². The number of nitrogens with zero attached hydrogens (tertiary/aromatic N) is 2. The lowest BCUT2D eigenvalue weighted by Crippen LogP contribution is -3.00. The number of hydrogen-bond acceptors (Lipinski definition) is 5. The van der Waals surface area contributed by atoms with E-state index in [-0.39, 0.29) is 39.8 Å². The van der Waals surface area contributed by atoms with Crippen molar-refractivity contribution < 1.29 is 40.6 Å². The van der Waals surface area contributed by atoms with E-state index in [1.807, 2.05) is 13.8 Å². The SMILES string of the molecule is CCOC(=O)CCCCN1/C(=C\C=C\C2=[N+](CCCCC(=O)OCC)c3ccc4ccccc4c3C2(C)C)C(C)(C)c2c1ccc1ccccc21.[Br-]. The van der Waals surface area contributed by atoms with E-state index < -0.39 is 0 Å². The lowest BCUT2D eigenvalue weighted by Gasteiger charge is -2.27. The summed E-state index contributed by atoms with van der Waals surface area (Å²) in [6.07, 6.45) is 11.1. The summed E-state index contributed by atoms with van der Waals surface area (Å²) < 4.78 is 12.9. The molecule has 0 saturated heterocycles. The molecule has 4 aromatic rings. The highest BCUT2D eigenvalue weighted by atomic mass is 79.9. The molecule has 0 fully saturated rings. The van der Waals surface area contributed by atoms with Crippen LogP contribution >= 0.6 is 0 Å². The van der Waals surface area contributed by atoms with Crippen LogP contribution in [-0.2, 0) is 29.9 Å². The van der Waals surface area contributed by atoms with Crippen LogP contribution in [0.2, 0.25) is 0 Å². The standard InChI is InChI=1S/C45H53N2O4.BrH/c1-7-50-40(48)24-13-15-30-46-36-28-26-32-18-9-11-20-34(32)42(36)44(3,4)38(46)22-17-23-39-45(5,6)43-35-21-12-10-19-33(35)27-29-37(43)47(39)31-16-14-25-41(49)51-8-2;/h9-12,17-23,26-29H,7-8,13-16,24-25,30-31H2,1-6H3;1H/q+1;/p-1. The fourth-order valence-corrected chi connectivity index (χ4v) is 8.33. The minimum absolute atomic E-state index is 0. The van der Waals surface area contributed by atoms with Crippen LogP contribution in [0.3, 0.4) is 0 Å². The van der Waals surface area contributed by atoms with Crippen LogP contribution in [0.15, 0.2) is 96.7 Å². The van der Waals surface area contributed by atoms with Gasteiger partial charge in [-0.15, -0.1) is 0 Å². The molecule has 0 saturated carbocycles. The fourth-order valence-electron chi connectivity index (χ4n) is 8.33. The summed E-state index contributed by atoms with van der Waals surface area (Å²) in [5, 5.41) is 5.06. The highest BCUT2D eigenvalue weighted by Crippen LogP contribution is 2.51. The van der Waals surface area contributed by atoms with E-state index in [4.69, 9.17) is 9.47 Å². The first-order chi connectivity index (χ1) is 24.6. The number of carbonyl (C=O) groups excluding carboxylic acids is 2. The van der Waals surface area contributed by atoms with Crippen LogP contribution in [0.25, 0.3) is 21.5 Å². The second-order valence-electron chi connectivity index (χ2n) is 14.7. The third-order valence-electron chi connectivity index (χ3n) is 10.7. The first-order valence-corrected chi connectivity index (χ1v) is 18.8. The number of unbranched alkanes of at least 4 members (excludes halogenated alkanes) is 2. The smallest absolute Gasteiger partial charge is 0.305 e. The predicted octanol–water partition coefficient (Wildman–Crippen LogP) is 7.08. The Hall–Kier alpha value is -4.23. The third-order valence-corrected chi connectivity index (χ3v) is 10.7. The zero-order chi connectivity index (χ0) is 36.2. The van der Waals surface area contributed by atoms with Gasteiger partial charge in [0.05, 0.1) is 18.6 Å². The quantitative estimate of drug-likeness (QED) is 0.0781. The lowest BCUT2D eigenvalue weighted by atomic mass is 9.79. The number of halogens is 1. The van der Waals surface area contributed by atoms with Gasteiger partial charge in [-0.1, -0.05) is 74.5 Å². The topological polar surface area (TPSA) is 58.8 Å². The van der Waals surface area contributed by atoms with Gasteiger partial charge in [-0.25, -0.2) is 0 Å². The summed E-state index contributed by atoms with van der Waals surface area (Å²) in [7, 11) is 0. The highest BCUT2D eigenvalue weighted by molar-refractivity contribution is 6.07. The van der Waals surface area contributed by atoms with Crippen LogP contribution in [0.4, 0.5) is 11.4 Å².